The number of amides is 1. The number of pyridine rings is 1. The van der Waals surface area contributed by atoms with Crippen LogP contribution in [0.25, 0.3) is 33.5 Å². The van der Waals surface area contributed by atoms with Gasteiger partial charge in [-0.05, 0) is 81.5 Å². The number of methoxy groups -OCH3 is 1. The van der Waals surface area contributed by atoms with Gasteiger partial charge in [0.15, 0.2) is 5.65 Å². The van der Waals surface area contributed by atoms with Crippen LogP contribution in [0.3, 0.4) is 0 Å². The molecule has 41 heavy (non-hydrogen) atoms. The highest BCUT2D eigenvalue weighted by molar-refractivity contribution is 5.83. The summed E-state index contributed by atoms with van der Waals surface area (Å²) in [4.78, 5) is 37.2. The third kappa shape index (κ3) is 6.71. The van der Waals surface area contributed by atoms with E-state index in [2.05, 4.69) is 15.3 Å². The maximum Gasteiger partial charge on any atom is 0.419 e. The molecule has 8 nitrogen and oxygen atoms in total. The highest BCUT2D eigenvalue weighted by Crippen LogP contribution is 2.34. The average molecular weight is 572 g/mol. The molecule has 0 aliphatic rings. The Labute approximate surface area is 233 Å². The summed E-state index contributed by atoms with van der Waals surface area (Å²) in [7, 11) is 5.40. The molecule has 0 unspecified atom stereocenters. The van der Waals surface area contributed by atoms with Crippen LogP contribution in [0, 0.1) is 5.82 Å². The summed E-state index contributed by atoms with van der Waals surface area (Å²) in [6, 6.07) is 9.22. The van der Waals surface area contributed by atoms with Crippen molar-refractivity contribution in [3.8, 4) is 28.3 Å². The number of nitrogens with zero attached hydrogens (tertiary/aromatic N) is 4. The number of alkyl halides is 3. The molecule has 0 saturated carbocycles. The fraction of sp³-hybridized carbons (Fsp3) is 0.310. The van der Waals surface area contributed by atoms with E-state index in [-0.39, 0.29) is 28.5 Å². The van der Waals surface area contributed by atoms with Crippen LogP contribution >= 0.6 is 0 Å². The van der Waals surface area contributed by atoms with Crippen molar-refractivity contribution in [2.24, 2.45) is 0 Å². The Hall–Kier alpha value is -4.32. The van der Waals surface area contributed by atoms with Crippen LogP contribution in [0.1, 0.15) is 25.0 Å². The third-order valence-electron chi connectivity index (χ3n) is 6.13. The van der Waals surface area contributed by atoms with Gasteiger partial charge in [0, 0.05) is 29.9 Å². The molecule has 4 aromatic rings. The highest BCUT2D eigenvalue weighted by Gasteiger charge is 2.34. The SMILES string of the molecule is COc1cc(CN(C)C)cc(-c2cnc3nc(-c4ccc(F)c(C(F)(F)F)c4)n(CC(=O)NC(C)C)c(=O)c3c2)c1. The van der Waals surface area contributed by atoms with Crippen LogP contribution < -0.4 is 15.6 Å². The Balaban J connectivity index is 1.93. The largest absolute Gasteiger partial charge is 0.497 e. The van der Waals surface area contributed by atoms with Gasteiger partial charge in [-0.15, -0.1) is 0 Å². The number of nitrogens with one attached hydrogen (secondary N) is 1. The van der Waals surface area contributed by atoms with Gasteiger partial charge in [0.25, 0.3) is 5.56 Å². The van der Waals surface area contributed by atoms with Gasteiger partial charge in [-0.2, -0.15) is 13.2 Å². The Morgan fingerprint density at radius 3 is 2.44 bits per heavy atom. The lowest BCUT2D eigenvalue weighted by molar-refractivity contribution is -0.140. The highest BCUT2D eigenvalue weighted by atomic mass is 19.4. The zero-order valence-electron chi connectivity index (χ0n) is 23.1. The minimum atomic E-state index is -4.98. The van der Waals surface area contributed by atoms with Gasteiger partial charge < -0.3 is 15.0 Å². The molecule has 0 fully saturated rings. The first-order chi connectivity index (χ1) is 19.3. The minimum Gasteiger partial charge on any atom is -0.497 e. The maximum absolute atomic E-state index is 14.0. The third-order valence-corrected chi connectivity index (χ3v) is 6.13. The van der Waals surface area contributed by atoms with E-state index in [0.29, 0.717) is 30.0 Å². The normalized spacial score (nSPS) is 11.9. The van der Waals surface area contributed by atoms with Crippen molar-refractivity contribution in [3.63, 3.8) is 0 Å². The van der Waals surface area contributed by atoms with Crippen molar-refractivity contribution in [1.82, 2.24) is 24.8 Å². The fourth-order valence-electron chi connectivity index (χ4n) is 4.43. The molecule has 0 aliphatic heterocycles. The summed E-state index contributed by atoms with van der Waals surface area (Å²) >= 11 is 0. The smallest absolute Gasteiger partial charge is 0.419 e. The lowest BCUT2D eigenvalue weighted by Gasteiger charge is -2.16. The van der Waals surface area contributed by atoms with Crippen molar-refractivity contribution >= 4 is 16.9 Å². The maximum atomic E-state index is 14.0. The van der Waals surface area contributed by atoms with E-state index < -0.39 is 35.6 Å². The van der Waals surface area contributed by atoms with Crippen LogP contribution in [0.4, 0.5) is 17.6 Å². The summed E-state index contributed by atoms with van der Waals surface area (Å²) in [5.74, 6) is -1.66. The predicted molar refractivity (Wildman–Crippen MR) is 147 cm³/mol. The molecule has 2 aromatic heterocycles. The molecule has 1 N–H and O–H groups in total. The van der Waals surface area contributed by atoms with Crippen molar-refractivity contribution in [3.05, 3.63) is 76.0 Å². The van der Waals surface area contributed by atoms with E-state index in [1.54, 1.807) is 33.1 Å². The van der Waals surface area contributed by atoms with E-state index in [1.807, 2.05) is 31.1 Å². The van der Waals surface area contributed by atoms with Crippen molar-refractivity contribution < 1.29 is 27.1 Å². The number of hydrogen-bond acceptors (Lipinski definition) is 6. The minimum absolute atomic E-state index is 0.0384. The Kier molecular flexibility index (Phi) is 8.43. The lowest BCUT2D eigenvalue weighted by atomic mass is 10.0. The molecule has 0 saturated heterocycles. The van der Waals surface area contributed by atoms with E-state index >= 15 is 0 Å². The van der Waals surface area contributed by atoms with Gasteiger partial charge in [0.05, 0.1) is 18.1 Å². The van der Waals surface area contributed by atoms with Gasteiger partial charge in [0.2, 0.25) is 5.91 Å². The van der Waals surface area contributed by atoms with Gasteiger partial charge in [0.1, 0.15) is 23.9 Å². The summed E-state index contributed by atoms with van der Waals surface area (Å²) in [6.07, 6.45) is -3.49. The number of benzene rings is 2. The second kappa shape index (κ2) is 11.7. The number of rotatable bonds is 8. The molecule has 0 atom stereocenters. The molecule has 1 amide bonds. The average Bonchev–Trinajstić information content (AvgIpc) is 2.88. The topological polar surface area (TPSA) is 89.3 Å². The Bertz CT molecular complexity index is 1670. The van der Waals surface area contributed by atoms with Gasteiger partial charge in [-0.25, -0.2) is 14.4 Å². The standard InChI is InChI=1S/C29H29F4N5O3/c1-16(2)35-25(39)15-38-27(18-6-7-24(30)23(12-18)29(31,32)33)36-26-22(28(38)40)11-20(13-34-26)19-8-17(14-37(3)4)9-21(10-19)41-5/h6-13,16H,14-15H2,1-5H3,(H,35,39). The number of aromatic nitrogens is 3. The number of carbonyl (C=O) groups is 1. The van der Waals surface area contributed by atoms with E-state index in [1.165, 1.54) is 6.20 Å². The predicted octanol–water partition coefficient (Wildman–Crippen LogP) is 4.88. The van der Waals surface area contributed by atoms with E-state index in [9.17, 15) is 27.2 Å². The second-order valence-corrected chi connectivity index (χ2v) is 10.1. The fourth-order valence-corrected chi connectivity index (χ4v) is 4.43. The first-order valence-electron chi connectivity index (χ1n) is 12.7. The molecule has 216 valence electrons. The van der Waals surface area contributed by atoms with Crippen molar-refractivity contribution in [1.29, 1.82) is 0 Å². The summed E-state index contributed by atoms with van der Waals surface area (Å²) in [5, 5.41) is 2.72. The van der Waals surface area contributed by atoms with Crippen LogP contribution in [-0.2, 0) is 24.1 Å². The molecule has 0 radical (unpaired) electrons. The Morgan fingerprint density at radius 2 is 1.80 bits per heavy atom. The van der Waals surface area contributed by atoms with E-state index in [0.717, 1.165) is 21.8 Å². The van der Waals surface area contributed by atoms with Crippen LogP contribution in [0.5, 0.6) is 5.75 Å². The molecule has 0 bridgehead atoms. The molecule has 12 heteroatoms. The molecular weight excluding hydrogens is 542 g/mol. The summed E-state index contributed by atoms with van der Waals surface area (Å²) in [6.45, 7) is 3.56. The number of fused-ring (bicyclic) bond motifs is 1. The molecule has 4 rings (SSSR count). The number of ether oxygens (including phenoxy) is 1. The van der Waals surface area contributed by atoms with E-state index in [4.69, 9.17) is 4.74 Å². The number of carbonyl (C=O) groups excluding carboxylic acids is 1. The second-order valence-electron chi connectivity index (χ2n) is 10.1. The zero-order valence-corrected chi connectivity index (χ0v) is 23.1. The van der Waals surface area contributed by atoms with Gasteiger partial charge in [-0.3, -0.25) is 14.2 Å². The summed E-state index contributed by atoms with van der Waals surface area (Å²) in [5.41, 5.74) is -0.188. The molecule has 2 heterocycles. The van der Waals surface area contributed by atoms with Crippen LogP contribution in [0.2, 0.25) is 0 Å². The molecular formula is C29H29F4N5O3. The lowest BCUT2D eigenvalue weighted by Crippen LogP contribution is -2.37. The molecule has 2 aromatic carbocycles. The number of hydrogen-bond donors (Lipinski definition) is 1. The zero-order chi connectivity index (χ0) is 30.1. The number of halogens is 4. The molecule has 0 aliphatic carbocycles. The first-order valence-corrected chi connectivity index (χ1v) is 12.7. The quantitative estimate of drug-likeness (QED) is 0.304. The van der Waals surface area contributed by atoms with Crippen LogP contribution in [0.15, 0.2) is 53.5 Å². The first kappa shape index (κ1) is 29.7. The van der Waals surface area contributed by atoms with Gasteiger partial charge >= 0.3 is 6.18 Å². The Morgan fingerprint density at radius 1 is 1.07 bits per heavy atom. The van der Waals surface area contributed by atoms with Crippen molar-refractivity contribution in [2.75, 3.05) is 21.2 Å². The molecule has 0 spiro atoms. The summed E-state index contributed by atoms with van der Waals surface area (Å²) < 4.78 is 60.9. The monoisotopic (exact) mass is 571 g/mol. The van der Waals surface area contributed by atoms with Gasteiger partial charge in [-0.1, -0.05) is 0 Å². The van der Waals surface area contributed by atoms with Crippen LogP contribution in [-0.4, -0.2) is 52.6 Å². The van der Waals surface area contributed by atoms with Crippen molar-refractivity contribution in [2.45, 2.75) is 39.2 Å².